The maximum Gasteiger partial charge on any atom is 0.410 e. The number of aromatic nitrogens is 2. The highest BCUT2D eigenvalue weighted by Crippen LogP contribution is 2.50. The summed E-state index contributed by atoms with van der Waals surface area (Å²) in [6.45, 7) is 14.5. The number of fused-ring (bicyclic) bond motifs is 6. The second-order valence-electron chi connectivity index (χ2n) is 15.4. The smallest absolute Gasteiger partial charge is 0.410 e. The average molecular weight is 744 g/mol. The second kappa shape index (κ2) is 13.6. The van der Waals surface area contributed by atoms with Gasteiger partial charge in [0.05, 0.1) is 21.5 Å². The molecule has 8 nitrogen and oxygen atoms in total. The van der Waals surface area contributed by atoms with Gasteiger partial charge in [0.15, 0.2) is 0 Å². The molecule has 2 fully saturated rings. The molecular weight excluding hydrogens is 692 g/mol. The molecule has 4 heterocycles. The predicted molar refractivity (Wildman–Crippen MR) is 205 cm³/mol. The normalized spacial score (nSPS) is 21.5. The van der Waals surface area contributed by atoms with Crippen molar-refractivity contribution in [1.82, 2.24) is 19.4 Å². The number of nitrogens with zero attached hydrogens (tertiary/aromatic N) is 4. The Morgan fingerprint density at radius 1 is 1.10 bits per heavy atom. The summed E-state index contributed by atoms with van der Waals surface area (Å²) in [5, 5.41) is 1.48. The van der Waals surface area contributed by atoms with Crippen molar-refractivity contribution in [3.63, 3.8) is 0 Å². The molecule has 0 saturated carbocycles. The fourth-order valence-electron chi connectivity index (χ4n) is 8.87. The quantitative estimate of drug-likeness (QED) is 0.195. The van der Waals surface area contributed by atoms with Crippen molar-refractivity contribution in [1.29, 1.82) is 0 Å². The monoisotopic (exact) mass is 742 g/mol. The van der Waals surface area contributed by atoms with Gasteiger partial charge in [-0.2, -0.15) is 0 Å². The van der Waals surface area contributed by atoms with Crippen LogP contribution in [0, 0.1) is 6.92 Å². The van der Waals surface area contributed by atoms with Crippen molar-refractivity contribution >= 4 is 43.8 Å². The van der Waals surface area contributed by atoms with E-state index < -0.39 is 5.60 Å². The lowest BCUT2D eigenvalue weighted by molar-refractivity contribution is 0.0289. The molecule has 2 aromatic heterocycles. The molecule has 4 aliphatic rings. The molecule has 2 aliphatic carbocycles. The van der Waals surface area contributed by atoms with E-state index >= 15 is 0 Å². The Labute approximate surface area is 304 Å². The van der Waals surface area contributed by atoms with Gasteiger partial charge in [0.25, 0.3) is 0 Å². The van der Waals surface area contributed by atoms with Gasteiger partial charge >= 0.3 is 6.09 Å². The van der Waals surface area contributed by atoms with Crippen molar-refractivity contribution in [2.24, 2.45) is 0 Å². The van der Waals surface area contributed by atoms with Gasteiger partial charge in [-0.25, -0.2) is 9.78 Å². The number of carbonyl (C=O) groups is 1. The van der Waals surface area contributed by atoms with E-state index in [2.05, 4.69) is 63.6 Å². The van der Waals surface area contributed by atoms with E-state index in [-0.39, 0.29) is 23.6 Å². The summed E-state index contributed by atoms with van der Waals surface area (Å²) in [5.41, 5.74) is 9.17. The summed E-state index contributed by atoms with van der Waals surface area (Å²) in [4.78, 5) is 36.7. The molecule has 2 aromatic carbocycles. The highest BCUT2D eigenvalue weighted by molar-refractivity contribution is 9.10. The Hall–Kier alpha value is -3.43. The van der Waals surface area contributed by atoms with Gasteiger partial charge in [-0.1, -0.05) is 32.0 Å². The number of hydrogen-bond donors (Lipinski definition) is 0. The zero-order chi connectivity index (χ0) is 35.5. The third-order valence-electron chi connectivity index (χ3n) is 11.1. The maximum atomic E-state index is 14.2. The summed E-state index contributed by atoms with van der Waals surface area (Å²) in [6.07, 6.45) is 9.00. The Morgan fingerprint density at radius 2 is 1.90 bits per heavy atom. The Balaban J connectivity index is 0.00000193. The van der Waals surface area contributed by atoms with Gasteiger partial charge in [-0.3, -0.25) is 4.79 Å². The molecule has 3 unspecified atom stereocenters. The van der Waals surface area contributed by atoms with Crippen LogP contribution in [0.1, 0.15) is 101 Å². The van der Waals surface area contributed by atoms with Gasteiger partial charge in [0.1, 0.15) is 17.6 Å². The van der Waals surface area contributed by atoms with Crippen LogP contribution in [0.3, 0.4) is 0 Å². The van der Waals surface area contributed by atoms with Crippen molar-refractivity contribution in [3.05, 3.63) is 67.4 Å². The number of halogens is 1. The van der Waals surface area contributed by atoms with E-state index in [1.807, 2.05) is 40.8 Å². The predicted octanol–water partition coefficient (Wildman–Crippen LogP) is 8.94. The molecular formula is C41H51BrN4O4. The summed E-state index contributed by atoms with van der Waals surface area (Å²) >= 11 is 3.62. The zero-order valence-electron chi connectivity index (χ0n) is 30.7. The molecule has 9 heteroatoms. The van der Waals surface area contributed by atoms with Gasteiger partial charge in [-0.15, -0.1) is 0 Å². The fraction of sp³-hybridized carbons (Fsp3) is 0.537. The number of aryl methyl sites for hydroxylation is 2. The number of benzene rings is 2. The number of rotatable bonds is 4. The molecule has 2 aliphatic heterocycles. The van der Waals surface area contributed by atoms with Crippen molar-refractivity contribution < 1.29 is 14.3 Å². The minimum absolute atomic E-state index is 0.0469. The topological polar surface area (TPSA) is 76.9 Å². The van der Waals surface area contributed by atoms with E-state index in [4.69, 9.17) is 14.5 Å². The lowest BCUT2D eigenvalue weighted by Crippen LogP contribution is -2.35. The van der Waals surface area contributed by atoms with Crippen molar-refractivity contribution in [3.8, 4) is 17.0 Å². The third-order valence-corrected chi connectivity index (χ3v) is 11.7. The molecule has 266 valence electrons. The van der Waals surface area contributed by atoms with Crippen LogP contribution in [0.15, 0.2) is 39.7 Å². The largest absolute Gasteiger partial charge is 0.475 e. The van der Waals surface area contributed by atoms with Crippen LogP contribution in [0.5, 0.6) is 5.88 Å². The molecule has 1 amide bonds. The van der Waals surface area contributed by atoms with Gasteiger partial charge < -0.3 is 23.8 Å². The van der Waals surface area contributed by atoms with Crippen LogP contribution < -0.4 is 10.2 Å². The summed E-state index contributed by atoms with van der Waals surface area (Å²) in [7, 11) is 2.14. The third kappa shape index (κ3) is 6.12. The number of likely N-dealkylation sites (tertiary alicyclic amines) is 2. The Bertz CT molecular complexity index is 2030. The van der Waals surface area contributed by atoms with Crippen LogP contribution in [0.4, 0.5) is 4.79 Å². The SMILES string of the molecule is CC.Cc1cc2c(nc(OCC3CCCN3C)c3c(=O)c(Br)cn(C4CCN(C(=O)OC(C)(C)C)C4)c32)c2c1-c1cccc3c1C(CCC3)C2. The molecule has 50 heavy (non-hydrogen) atoms. The molecule has 4 aromatic rings. The number of carbonyl (C=O) groups excluding carboxylic acids is 1. The first-order chi connectivity index (χ1) is 24.0. The first kappa shape index (κ1) is 35.0. The van der Waals surface area contributed by atoms with Gasteiger partial charge in [0, 0.05) is 30.7 Å². The minimum Gasteiger partial charge on any atom is -0.475 e. The van der Waals surface area contributed by atoms with Crippen LogP contribution in [-0.4, -0.2) is 70.4 Å². The molecule has 8 rings (SSSR count). The van der Waals surface area contributed by atoms with E-state index in [0.29, 0.717) is 41.4 Å². The van der Waals surface area contributed by atoms with Crippen molar-refractivity contribution in [2.45, 2.75) is 110 Å². The first-order valence-corrected chi connectivity index (χ1v) is 19.4. The van der Waals surface area contributed by atoms with Crippen LogP contribution >= 0.6 is 15.9 Å². The molecule has 0 N–H and O–H groups in total. The molecule has 0 radical (unpaired) electrons. The van der Waals surface area contributed by atoms with Crippen molar-refractivity contribution in [2.75, 3.05) is 33.3 Å². The molecule has 0 bridgehead atoms. The highest BCUT2D eigenvalue weighted by Gasteiger charge is 2.35. The number of amides is 1. The summed E-state index contributed by atoms with van der Waals surface area (Å²) in [5.74, 6) is 0.870. The lowest BCUT2D eigenvalue weighted by Gasteiger charge is -2.35. The van der Waals surface area contributed by atoms with E-state index in [1.54, 1.807) is 4.90 Å². The second-order valence-corrected chi connectivity index (χ2v) is 16.3. The Morgan fingerprint density at radius 3 is 2.64 bits per heavy atom. The van der Waals surface area contributed by atoms with Gasteiger partial charge in [0.2, 0.25) is 11.3 Å². The van der Waals surface area contributed by atoms with Crippen LogP contribution in [0.25, 0.3) is 32.9 Å². The summed E-state index contributed by atoms with van der Waals surface area (Å²) < 4.78 is 15.1. The Kier molecular flexibility index (Phi) is 9.52. The van der Waals surface area contributed by atoms with Crippen LogP contribution in [0.2, 0.25) is 0 Å². The van der Waals surface area contributed by atoms with Crippen LogP contribution in [-0.2, 0) is 17.6 Å². The van der Waals surface area contributed by atoms with E-state index in [9.17, 15) is 9.59 Å². The van der Waals surface area contributed by atoms with E-state index in [0.717, 1.165) is 55.1 Å². The first-order valence-electron chi connectivity index (χ1n) is 18.6. The molecule has 0 spiro atoms. The minimum atomic E-state index is -0.571. The molecule has 3 atom stereocenters. The lowest BCUT2D eigenvalue weighted by atomic mass is 9.70. The summed E-state index contributed by atoms with van der Waals surface area (Å²) in [6, 6.07) is 9.28. The molecule has 2 saturated heterocycles. The highest BCUT2D eigenvalue weighted by atomic mass is 79.9. The zero-order valence-corrected chi connectivity index (χ0v) is 32.3. The fourth-order valence-corrected chi connectivity index (χ4v) is 9.29. The number of ether oxygens (including phenoxy) is 2. The standard InChI is InChI=1S/C39H45BrN4O4.C2H6/c1-22-17-29-34(28-18-24-11-6-9-23-10-7-13-27(31(22)28)32(23)24)41-37(47-21-26-12-8-15-42(26)5)33-35(29)44(20-30(40)36(33)45)25-14-16-43(19-25)38(46)48-39(2,3)4;1-2/h7,10,13,17,20,24-26H,6,8-9,11-12,14-16,18-19,21H2,1-5H3;1-2H3. The maximum absolute atomic E-state index is 14.2. The number of pyridine rings is 2. The number of hydrogen-bond acceptors (Lipinski definition) is 6. The number of likely N-dealkylation sites (N-methyl/N-ethyl adjacent to an activating group) is 1. The van der Waals surface area contributed by atoms with Gasteiger partial charge in [-0.05, 0) is 148 Å². The average Bonchev–Trinajstić information content (AvgIpc) is 3.75. The van der Waals surface area contributed by atoms with E-state index in [1.165, 1.54) is 46.2 Å².